The molecule has 0 aliphatic rings. The Hall–Kier alpha value is -2.26. The van der Waals surface area contributed by atoms with Crippen LogP contribution in [0.4, 0.5) is 13.2 Å². The maximum atomic E-state index is 13.0. The third-order valence-corrected chi connectivity index (χ3v) is 3.45. The Labute approximate surface area is 133 Å². The first-order valence-corrected chi connectivity index (χ1v) is 6.88. The summed E-state index contributed by atoms with van der Waals surface area (Å²) in [6.07, 6.45) is -3.46. The summed E-state index contributed by atoms with van der Waals surface area (Å²) in [7, 11) is 0. The Morgan fingerprint density at radius 2 is 1.77 bits per heavy atom. The van der Waals surface area contributed by atoms with Crippen LogP contribution in [0.5, 0.6) is 5.75 Å². The number of halogens is 4. The van der Waals surface area contributed by atoms with Gasteiger partial charge < -0.3 is 5.11 Å². The molecule has 0 aromatic heterocycles. The van der Waals surface area contributed by atoms with Crippen LogP contribution in [-0.4, -0.2) is 5.11 Å². The summed E-state index contributed by atoms with van der Waals surface area (Å²) in [4.78, 5) is 0. The average Bonchev–Trinajstić information content (AvgIpc) is 2.46. The second-order valence-corrected chi connectivity index (χ2v) is 5.36. The number of allylic oxidation sites excluding steroid dienone is 1. The fourth-order valence-electron chi connectivity index (χ4n) is 1.88. The molecule has 0 unspecified atom stereocenters. The number of nitriles is 1. The van der Waals surface area contributed by atoms with E-state index in [4.69, 9.17) is 0 Å². The standard InChI is InChI=1S/C16H9BrF3NO/c17-13-4-1-10(2-5-13)12(9-21)7-11-3-6-14(22)8-15(11)16(18,19)20/h1-8,22H. The molecule has 0 fully saturated rings. The first-order chi connectivity index (χ1) is 10.3. The van der Waals surface area contributed by atoms with Gasteiger partial charge in [-0.3, -0.25) is 0 Å². The summed E-state index contributed by atoms with van der Waals surface area (Å²) < 4.78 is 39.8. The van der Waals surface area contributed by atoms with Crippen LogP contribution in [0.25, 0.3) is 11.6 Å². The molecule has 2 nitrogen and oxygen atoms in total. The first kappa shape index (κ1) is 16.1. The van der Waals surface area contributed by atoms with Gasteiger partial charge in [0.25, 0.3) is 0 Å². The van der Waals surface area contributed by atoms with Crippen molar-refractivity contribution in [1.29, 1.82) is 5.26 Å². The van der Waals surface area contributed by atoms with E-state index in [-0.39, 0.29) is 11.1 Å². The summed E-state index contributed by atoms with van der Waals surface area (Å²) in [6.45, 7) is 0. The topological polar surface area (TPSA) is 44.0 Å². The van der Waals surface area contributed by atoms with Gasteiger partial charge in [-0.2, -0.15) is 18.4 Å². The number of hydrogen-bond acceptors (Lipinski definition) is 2. The van der Waals surface area contributed by atoms with E-state index in [0.29, 0.717) is 11.6 Å². The molecule has 112 valence electrons. The molecular formula is C16H9BrF3NO. The molecule has 2 aromatic carbocycles. The molecule has 0 radical (unpaired) electrons. The molecule has 22 heavy (non-hydrogen) atoms. The Balaban J connectivity index is 2.56. The van der Waals surface area contributed by atoms with E-state index in [1.165, 1.54) is 0 Å². The van der Waals surface area contributed by atoms with Gasteiger partial charge in [-0.25, -0.2) is 0 Å². The first-order valence-electron chi connectivity index (χ1n) is 6.09. The zero-order valence-electron chi connectivity index (χ0n) is 11.0. The number of phenols is 1. The lowest BCUT2D eigenvalue weighted by Gasteiger charge is -2.11. The van der Waals surface area contributed by atoms with E-state index in [1.54, 1.807) is 24.3 Å². The van der Waals surface area contributed by atoms with Gasteiger partial charge in [0.15, 0.2) is 0 Å². The quantitative estimate of drug-likeness (QED) is 0.582. The summed E-state index contributed by atoms with van der Waals surface area (Å²) in [6, 6.07) is 11.5. The smallest absolute Gasteiger partial charge is 0.417 e. The maximum Gasteiger partial charge on any atom is 0.417 e. The second kappa shape index (κ2) is 6.24. The zero-order valence-corrected chi connectivity index (χ0v) is 12.6. The molecule has 0 bridgehead atoms. The van der Waals surface area contributed by atoms with Gasteiger partial charge in [-0.15, -0.1) is 0 Å². The maximum absolute atomic E-state index is 13.0. The predicted molar refractivity (Wildman–Crippen MR) is 80.7 cm³/mol. The summed E-state index contributed by atoms with van der Waals surface area (Å²) in [5, 5.41) is 18.4. The molecule has 0 aliphatic carbocycles. The lowest BCUT2D eigenvalue weighted by atomic mass is 10.00. The van der Waals surface area contributed by atoms with E-state index in [9.17, 15) is 23.5 Å². The van der Waals surface area contributed by atoms with E-state index in [0.717, 1.165) is 22.7 Å². The van der Waals surface area contributed by atoms with Crippen LogP contribution < -0.4 is 0 Å². The fourth-order valence-corrected chi connectivity index (χ4v) is 2.15. The van der Waals surface area contributed by atoms with Gasteiger partial charge in [0.05, 0.1) is 17.2 Å². The predicted octanol–water partition coefficient (Wildman–Crippen LogP) is 5.24. The minimum absolute atomic E-state index is 0.101. The third-order valence-electron chi connectivity index (χ3n) is 2.92. The highest BCUT2D eigenvalue weighted by Crippen LogP contribution is 2.35. The lowest BCUT2D eigenvalue weighted by Crippen LogP contribution is -2.07. The normalized spacial score (nSPS) is 12.0. The largest absolute Gasteiger partial charge is 0.508 e. The van der Waals surface area contributed by atoms with E-state index in [1.807, 2.05) is 6.07 Å². The average molecular weight is 368 g/mol. The molecule has 0 saturated carbocycles. The minimum atomic E-state index is -4.62. The Bertz CT molecular complexity index is 758. The van der Waals surface area contributed by atoms with Gasteiger partial charge in [0, 0.05) is 4.47 Å². The molecule has 0 heterocycles. The SMILES string of the molecule is N#CC(=Cc1ccc(O)cc1C(F)(F)F)c1ccc(Br)cc1. The van der Waals surface area contributed by atoms with Crippen molar-refractivity contribution in [2.24, 2.45) is 0 Å². The minimum Gasteiger partial charge on any atom is -0.508 e. The Kier molecular flexibility index (Phi) is 4.57. The van der Waals surface area contributed by atoms with Crippen LogP contribution in [0.3, 0.4) is 0 Å². The van der Waals surface area contributed by atoms with Gasteiger partial charge in [0.1, 0.15) is 5.75 Å². The van der Waals surface area contributed by atoms with Crippen molar-refractivity contribution in [2.75, 3.05) is 0 Å². The Morgan fingerprint density at radius 3 is 2.32 bits per heavy atom. The van der Waals surface area contributed by atoms with E-state index in [2.05, 4.69) is 15.9 Å². The lowest BCUT2D eigenvalue weighted by molar-refractivity contribution is -0.137. The third kappa shape index (κ3) is 3.68. The molecule has 0 amide bonds. The monoisotopic (exact) mass is 367 g/mol. The molecular weight excluding hydrogens is 359 g/mol. The van der Waals surface area contributed by atoms with Crippen LogP contribution in [0.15, 0.2) is 46.9 Å². The number of rotatable bonds is 2. The van der Waals surface area contributed by atoms with Crippen molar-refractivity contribution in [3.8, 4) is 11.8 Å². The van der Waals surface area contributed by atoms with Crippen molar-refractivity contribution in [3.63, 3.8) is 0 Å². The molecule has 6 heteroatoms. The Morgan fingerprint density at radius 1 is 1.14 bits per heavy atom. The van der Waals surface area contributed by atoms with Crippen LogP contribution >= 0.6 is 15.9 Å². The van der Waals surface area contributed by atoms with Crippen LogP contribution in [0.1, 0.15) is 16.7 Å². The molecule has 0 saturated heterocycles. The van der Waals surface area contributed by atoms with Crippen molar-refractivity contribution in [1.82, 2.24) is 0 Å². The van der Waals surface area contributed by atoms with Gasteiger partial charge in [-0.05, 0) is 41.5 Å². The number of nitrogens with zero attached hydrogens (tertiary/aromatic N) is 1. The highest BCUT2D eigenvalue weighted by Gasteiger charge is 2.33. The van der Waals surface area contributed by atoms with Crippen LogP contribution in [0, 0.1) is 11.3 Å². The highest BCUT2D eigenvalue weighted by molar-refractivity contribution is 9.10. The van der Waals surface area contributed by atoms with Crippen molar-refractivity contribution in [3.05, 3.63) is 63.6 Å². The fraction of sp³-hybridized carbons (Fsp3) is 0.0625. The number of alkyl halides is 3. The summed E-state index contributed by atoms with van der Waals surface area (Å²) >= 11 is 3.25. The zero-order chi connectivity index (χ0) is 16.3. The molecule has 0 spiro atoms. The molecule has 0 atom stereocenters. The molecule has 2 rings (SSSR count). The summed E-state index contributed by atoms with van der Waals surface area (Å²) in [5.74, 6) is -0.480. The van der Waals surface area contributed by atoms with E-state index >= 15 is 0 Å². The van der Waals surface area contributed by atoms with Crippen molar-refractivity contribution < 1.29 is 18.3 Å². The van der Waals surface area contributed by atoms with Gasteiger partial charge in [-0.1, -0.05) is 34.1 Å². The number of phenolic OH excluding ortho intramolecular Hbond substituents is 1. The number of aromatic hydroxyl groups is 1. The number of hydrogen-bond donors (Lipinski definition) is 1. The highest BCUT2D eigenvalue weighted by atomic mass is 79.9. The number of benzene rings is 2. The van der Waals surface area contributed by atoms with Crippen LogP contribution in [0.2, 0.25) is 0 Å². The van der Waals surface area contributed by atoms with Crippen LogP contribution in [-0.2, 0) is 6.18 Å². The molecule has 2 aromatic rings. The molecule has 1 N–H and O–H groups in total. The van der Waals surface area contributed by atoms with E-state index < -0.39 is 17.5 Å². The molecule has 0 aliphatic heterocycles. The van der Waals surface area contributed by atoms with Gasteiger partial charge in [0.2, 0.25) is 0 Å². The van der Waals surface area contributed by atoms with Crippen molar-refractivity contribution >= 4 is 27.6 Å². The van der Waals surface area contributed by atoms with Crippen molar-refractivity contribution in [2.45, 2.75) is 6.18 Å². The second-order valence-electron chi connectivity index (χ2n) is 4.45. The van der Waals surface area contributed by atoms with Gasteiger partial charge >= 0.3 is 6.18 Å². The summed E-state index contributed by atoms with van der Waals surface area (Å²) in [5.41, 5.74) is -0.558.